The summed E-state index contributed by atoms with van der Waals surface area (Å²) in [5, 5.41) is 7.05. The molecule has 0 spiro atoms. The summed E-state index contributed by atoms with van der Waals surface area (Å²) in [6.07, 6.45) is 0. The summed E-state index contributed by atoms with van der Waals surface area (Å²) in [5.74, 6) is -0.193. The Kier molecular flexibility index (Phi) is 4.49. The molecular weight excluding hydrogens is 354 g/mol. The molecule has 4 aromatic rings. The molecule has 0 fully saturated rings. The summed E-state index contributed by atoms with van der Waals surface area (Å²) in [4.78, 5) is 29.7. The fraction of sp³-hybridized carbons (Fsp3) is 0.143. The zero-order valence-electron chi connectivity index (χ0n) is 15.6. The van der Waals surface area contributed by atoms with E-state index in [1.54, 1.807) is 11.6 Å². The number of nitrogens with zero attached hydrogens (tertiary/aromatic N) is 4. The molecule has 0 aliphatic rings. The van der Waals surface area contributed by atoms with E-state index in [4.69, 9.17) is 0 Å². The summed E-state index contributed by atoms with van der Waals surface area (Å²) >= 11 is 0. The molecule has 0 unspecified atom stereocenters. The van der Waals surface area contributed by atoms with Crippen LogP contribution in [0.2, 0.25) is 0 Å². The minimum Gasteiger partial charge on any atom is -0.310 e. The van der Waals surface area contributed by atoms with Crippen LogP contribution in [0.15, 0.2) is 65.5 Å². The van der Waals surface area contributed by atoms with Gasteiger partial charge in [-0.05, 0) is 38.1 Å². The smallest absolute Gasteiger partial charge is 0.282 e. The van der Waals surface area contributed by atoms with E-state index in [1.807, 2.05) is 66.1 Å². The molecular formula is C21H19N5O2. The zero-order valence-corrected chi connectivity index (χ0v) is 15.6. The summed E-state index contributed by atoms with van der Waals surface area (Å²) in [6.45, 7) is 4.38. The Labute approximate surface area is 161 Å². The third-order valence-corrected chi connectivity index (χ3v) is 4.52. The van der Waals surface area contributed by atoms with E-state index in [-0.39, 0.29) is 5.69 Å². The third kappa shape index (κ3) is 3.07. The minimum absolute atomic E-state index is 0.177. The van der Waals surface area contributed by atoms with Gasteiger partial charge in [-0.2, -0.15) is 5.10 Å². The first-order chi connectivity index (χ1) is 13.6. The lowest BCUT2D eigenvalue weighted by atomic mass is 10.2. The van der Waals surface area contributed by atoms with Crippen molar-refractivity contribution in [3.05, 3.63) is 82.3 Å². The minimum atomic E-state index is -0.584. The molecule has 2 aromatic heterocycles. The Bertz CT molecular complexity index is 1220. The van der Waals surface area contributed by atoms with Gasteiger partial charge >= 0.3 is 0 Å². The lowest BCUT2D eigenvalue weighted by Gasteiger charge is -2.11. The third-order valence-electron chi connectivity index (χ3n) is 4.52. The lowest BCUT2D eigenvalue weighted by Crippen LogP contribution is -2.27. The lowest BCUT2D eigenvalue weighted by molar-refractivity contribution is 0.101. The van der Waals surface area contributed by atoms with E-state index in [9.17, 15) is 9.59 Å². The number of hydrogen-bond donors (Lipinski definition) is 1. The van der Waals surface area contributed by atoms with Crippen LogP contribution in [0.4, 0.5) is 5.95 Å². The van der Waals surface area contributed by atoms with Gasteiger partial charge in [-0.15, -0.1) is 0 Å². The molecule has 2 heterocycles. The van der Waals surface area contributed by atoms with Crippen molar-refractivity contribution in [1.29, 1.82) is 0 Å². The molecule has 1 amide bonds. The van der Waals surface area contributed by atoms with E-state index in [2.05, 4.69) is 15.4 Å². The fourth-order valence-corrected chi connectivity index (χ4v) is 3.19. The number of nitrogens with one attached hydrogen (secondary N) is 1. The van der Waals surface area contributed by atoms with Gasteiger partial charge in [0.15, 0.2) is 5.69 Å². The van der Waals surface area contributed by atoms with E-state index in [0.717, 1.165) is 16.7 Å². The maximum atomic E-state index is 12.8. The molecule has 0 atom stereocenters. The van der Waals surface area contributed by atoms with Crippen molar-refractivity contribution in [3.63, 3.8) is 0 Å². The normalized spacial score (nSPS) is 10.9. The van der Waals surface area contributed by atoms with Gasteiger partial charge in [-0.3, -0.25) is 14.9 Å². The molecule has 0 saturated carbocycles. The first kappa shape index (κ1) is 17.7. The van der Waals surface area contributed by atoms with Gasteiger partial charge < -0.3 is 4.57 Å². The number of amides is 1. The number of fused-ring (bicyclic) bond motifs is 1. The van der Waals surface area contributed by atoms with Crippen LogP contribution in [-0.2, 0) is 6.54 Å². The molecule has 2 aromatic carbocycles. The Morgan fingerprint density at radius 3 is 2.54 bits per heavy atom. The Balaban J connectivity index is 1.74. The van der Waals surface area contributed by atoms with Crippen molar-refractivity contribution in [3.8, 4) is 5.69 Å². The van der Waals surface area contributed by atoms with Crippen LogP contribution in [0.5, 0.6) is 0 Å². The van der Waals surface area contributed by atoms with Crippen molar-refractivity contribution in [2.24, 2.45) is 0 Å². The number of imidazole rings is 1. The standard InChI is InChI=1S/C21H19N5O2/c1-3-25-17-12-8-7-11-16(17)22-21(25)23-20(28)19-18(27)13-14(2)26(24-19)15-9-5-4-6-10-15/h4-13H,3H2,1-2H3,(H,22,23,28). The number of benzene rings is 2. The number of aryl methyl sites for hydroxylation is 2. The maximum absolute atomic E-state index is 12.8. The Hall–Kier alpha value is -3.74. The first-order valence-electron chi connectivity index (χ1n) is 9.01. The van der Waals surface area contributed by atoms with Gasteiger partial charge in [0.2, 0.25) is 11.4 Å². The van der Waals surface area contributed by atoms with Gasteiger partial charge in [0.1, 0.15) is 0 Å². The topological polar surface area (TPSA) is 81.8 Å². The van der Waals surface area contributed by atoms with Crippen molar-refractivity contribution in [2.45, 2.75) is 20.4 Å². The molecule has 0 bridgehead atoms. The number of anilines is 1. The molecule has 4 rings (SSSR count). The molecule has 0 radical (unpaired) electrons. The van der Waals surface area contributed by atoms with Crippen LogP contribution < -0.4 is 10.7 Å². The van der Waals surface area contributed by atoms with Crippen molar-refractivity contribution in [2.75, 3.05) is 5.32 Å². The average Bonchev–Trinajstić information content (AvgIpc) is 3.05. The molecule has 1 N–H and O–H groups in total. The highest BCUT2D eigenvalue weighted by Gasteiger charge is 2.18. The predicted octanol–water partition coefficient (Wildman–Crippen LogP) is 3.16. The number of para-hydroxylation sites is 3. The summed E-state index contributed by atoms with van der Waals surface area (Å²) in [6, 6.07) is 18.4. The summed E-state index contributed by atoms with van der Waals surface area (Å²) in [7, 11) is 0. The summed E-state index contributed by atoms with van der Waals surface area (Å²) < 4.78 is 3.47. The van der Waals surface area contributed by atoms with Gasteiger partial charge in [0.05, 0.1) is 16.7 Å². The maximum Gasteiger partial charge on any atom is 0.282 e. The highest BCUT2D eigenvalue weighted by atomic mass is 16.2. The van der Waals surface area contributed by atoms with Crippen LogP contribution in [0, 0.1) is 6.92 Å². The van der Waals surface area contributed by atoms with Gasteiger partial charge in [-0.25, -0.2) is 9.67 Å². The van der Waals surface area contributed by atoms with Crippen LogP contribution in [0.1, 0.15) is 23.1 Å². The molecule has 0 aliphatic carbocycles. The quantitative estimate of drug-likeness (QED) is 0.596. The number of rotatable bonds is 4. The van der Waals surface area contributed by atoms with E-state index < -0.39 is 11.3 Å². The second kappa shape index (κ2) is 7.11. The highest BCUT2D eigenvalue weighted by molar-refractivity contribution is 6.02. The van der Waals surface area contributed by atoms with Crippen LogP contribution in [-0.4, -0.2) is 25.2 Å². The van der Waals surface area contributed by atoms with Crippen molar-refractivity contribution >= 4 is 22.9 Å². The highest BCUT2D eigenvalue weighted by Crippen LogP contribution is 2.19. The molecule has 7 nitrogen and oxygen atoms in total. The molecule has 0 aliphatic heterocycles. The van der Waals surface area contributed by atoms with E-state index in [0.29, 0.717) is 18.2 Å². The molecule has 28 heavy (non-hydrogen) atoms. The van der Waals surface area contributed by atoms with Crippen LogP contribution in [0.3, 0.4) is 0 Å². The van der Waals surface area contributed by atoms with E-state index in [1.165, 1.54) is 6.07 Å². The van der Waals surface area contributed by atoms with Crippen LogP contribution >= 0.6 is 0 Å². The molecule has 7 heteroatoms. The van der Waals surface area contributed by atoms with E-state index >= 15 is 0 Å². The summed E-state index contributed by atoms with van der Waals surface area (Å²) in [5.41, 5.74) is 2.51. The SMILES string of the molecule is CCn1c(NC(=O)c2nn(-c3ccccc3)c(C)cc2=O)nc2ccccc21. The number of carbonyl (C=O) groups is 1. The van der Waals surface area contributed by atoms with Crippen molar-refractivity contribution in [1.82, 2.24) is 19.3 Å². The fourth-order valence-electron chi connectivity index (χ4n) is 3.19. The molecule has 0 saturated heterocycles. The largest absolute Gasteiger partial charge is 0.310 e. The first-order valence-corrected chi connectivity index (χ1v) is 9.01. The Morgan fingerprint density at radius 1 is 1.07 bits per heavy atom. The zero-order chi connectivity index (χ0) is 19.7. The second-order valence-electron chi connectivity index (χ2n) is 6.37. The van der Waals surface area contributed by atoms with Gasteiger partial charge in [0, 0.05) is 18.3 Å². The molecule has 140 valence electrons. The van der Waals surface area contributed by atoms with Crippen LogP contribution in [0.25, 0.3) is 16.7 Å². The van der Waals surface area contributed by atoms with Crippen molar-refractivity contribution < 1.29 is 4.79 Å². The second-order valence-corrected chi connectivity index (χ2v) is 6.37. The van der Waals surface area contributed by atoms with Gasteiger partial charge in [-0.1, -0.05) is 30.3 Å². The average molecular weight is 373 g/mol. The number of carbonyl (C=O) groups excluding carboxylic acids is 1. The monoisotopic (exact) mass is 373 g/mol. The predicted molar refractivity (Wildman–Crippen MR) is 108 cm³/mol. The number of hydrogen-bond acceptors (Lipinski definition) is 4. The Morgan fingerprint density at radius 2 is 1.79 bits per heavy atom. The number of aromatic nitrogens is 4. The van der Waals surface area contributed by atoms with Gasteiger partial charge in [0.25, 0.3) is 5.91 Å².